The monoisotopic (exact) mass is 319 g/mol. The summed E-state index contributed by atoms with van der Waals surface area (Å²) in [5, 5.41) is 15.6. The van der Waals surface area contributed by atoms with Crippen LogP contribution in [0.5, 0.6) is 0 Å². The number of nitro groups is 1. The normalized spacial score (nSPS) is 14.4. The molecule has 0 fully saturated rings. The average molecular weight is 319 g/mol. The van der Waals surface area contributed by atoms with Crippen molar-refractivity contribution in [3.05, 3.63) is 39.9 Å². The molecule has 0 atom stereocenters. The summed E-state index contributed by atoms with van der Waals surface area (Å²) in [7, 11) is 0. The van der Waals surface area contributed by atoms with E-state index in [0.717, 1.165) is 11.2 Å². The molecule has 3 N–H and O–H groups in total. The number of nitrogens with zero attached hydrogens (tertiary/aromatic N) is 4. The molecule has 0 saturated heterocycles. The number of hydrogen-bond donors (Lipinski definition) is 3. The lowest BCUT2D eigenvalue weighted by atomic mass is 10.2. The molecule has 0 aliphatic carbocycles. The molecule has 1 aromatic rings. The lowest BCUT2D eigenvalue weighted by molar-refractivity contribution is -0.385. The summed E-state index contributed by atoms with van der Waals surface area (Å²) < 4.78 is 0. The van der Waals surface area contributed by atoms with Crippen LogP contribution in [0.1, 0.15) is 12.5 Å². The Morgan fingerprint density at radius 1 is 1.52 bits per heavy atom. The maximum atomic E-state index is 11.6. The number of nitro benzene ring substituents is 1. The Kier molecular flexibility index (Phi) is 4.94. The molecule has 1 aliphatic rings. The first-order valence-electron chi connectivity index (χ1n) is 6.41. The first-order chi connectivity index (χ1) is 11.0. The highest BCUT2D eigenvalue weighted by Crippen LogP contribution is 2.15. The van der Waals surface area contributed by atoms with E-state index in [2.05, 4.69) is 26.5 Å². The molecule has 0 radical (unpaired) electrons. The van der Waals surface area contributed by atoms with Gasteiger partial charge in [0.25, 0.3) is 5.69 Å². The molecule has 1 aromatic carbocycles. The van der Waals surface area contributed by atoms with E-state index in [1.807, 2.05) is 0 Å². The average Bonchev–Trinajstić information content (AvgIpc) is 2.54. The standard InChI is InChI=1S/C12H13N7O4/c1-8-7-18(12(21)16-14-8)17-15-11(20)13-6-9-4-2-3-5-10(9)19(22)23/h2-6,17H,7H2,1H3,(H,15,20)(H,16,21)/b13-6+. The van der Waals surface area contributed by atoms with Crippen molar-refractivity contribution in [1.29, 1.82) is 0 Å². The van der Waals surface area contributed by atoms with Crippen molar-refractivity contribution in [3.8, 4) is 0 Å². The van der Waals surface area contributed by atoms with E-state index in [4.69, 9.17) is 0 Å². The fourth-order valence-corrected chi connectivity index (χ4v) is 1.67. The number of aliphatic imine (C=N–C) groups is 1. The number of para-hydroxylation sites is 1. The van der Waals surface area contributed by atoms with E-state index in [0.29, 0.717) is 5.71 Å². The van der Waals surface area contributed by atoms with Crippen LogP contribution >= 0.6 is 0 Å². The van der Waals surface area contributed by atoms with Crippen molar-refractivity contribution in [2.24, 2.45) is 10.1 Å². The van der Waals surface area contributed by atoms with Crippen LogP contribution in [0.2, 0.25) is 0 Å². The number of hydrogen-bond acceptors (Lipinski definition) is 6. The molecule has 1 aliphatic heterocycles. The number of carbonyl (C=O) groups excluding carboxylic acids is 2. The second kappa shape index (κ2) is 7.09. The van der Waals surface area contributed by atoms with Crippen LogP contribution in [0, 0.1) is 10.1 Å². The number of benzene rings is 1. The lowest BCUT2D eigenvalue weighted by Crippen LogP contribution is -2.57. The predicted molar refractivity (Wildman–Crippen MR) is 80.7 cm³/mol. The summed E-state index contributed by atoms with van der Waals surface area (Å²) in [6, 6.07) is 4.49. The Labute approximate surface area is 130 Å². The van der Waals surface area contributed by atoms with Crippen molar-refractivity contribution < 1.29 is 14.5 Å². The van der Waals surface area contributed by atoms with Crippen molar-refractivity contribution in [2.75, 3.05) is 6.54 Å². The summed E-state index contributed by atoms with van der Waals surface area (Å²) >= 11 is 0. The zero-order valence-electron chi connectivity index (χ0n) is 12.0. The van der Waals surface area contributed by atoms with E-state index >= 15 is 0 Å². The molecule has 1 heterocycles. The maximum absolute atomic E-state index is 11.6. The van der Waals surface area contributed by atoms with Crippen LogP contribution in [0.3, 0.4) is 0 Å². The first kappa shape index (κ1) is 16.0. The Hall–Kier alpha value is -3.34. The third-order valence-corrected chi connectivity index (χ3v) is 2.73. The highest BCUT2D eigenvalue weighted by atomic mass is 16.6. The van der Waals surface area contributed by atoms with Crippen LogP contribution in [0.15, 0.2) is 34.4 Å². The third-order valence-electron chi connectivity index (χ3n) is 2.73. The van der Waals surface area contributed by atoms with Gasteiger partial charge in [0.05, 0.1) is 22.7 Å². The minimum atomic E-state index is -0.823. The van der Waals surface area contributed by atoms with Crippen LogP contribution in [0.25, 0.3) is 0 Å². The number of urea groups is 2. The van der Waals surface area contributed by atoms with Gasteiger partial charge in [-0.05, 0) is 13.0 Å². The molecular formula is C12H13N7O4. The largest absolute Gasteiger partial charge is 0.356 e. The van der Waals surface area contributed by atoms with Gasteiger partial charge in [-0.2, -0.15) is 5.10 Å². The zero-order valence-corrected chi connectivity index (χ0v) is 12.0. The van der Waals surface area contributed by atoms with Gasteiger partial charge in [-0.3, -0.25) is 15.5 Å². The number of hydrazine groups is 2. The van der Waals surface area contributed by atoms with Gasteiger partial charge >= 0.3 is 12.1 Å². The van der Waals surface area contributed by atoms with Gasteiger partial charge in [-0.1, -0.05) is 12.1 Å². The number of amides is 4. The number of rotatable bonds is 4. The highest BCUT2D eigenvalue weighted by molar-refractivity contribution is 5.94. The van der Waals surface area contributed by atoms with Gasteiger partial charge in [0.1, 0.15) is 0 Å². The molecule has 0 spiro atoms. The first-order valence-corrected chi connectivity index (χ1v) is 6.41. The fourth-order valence-electron chi connectivity index (χ4n) is 1.67. The minimum absolute atomic E-state index is 0.167. The van der Waals surface area contributed by atoms with Crippen molar-refractivity contribution in [3.63, 3.8) is 0 Å². The second-order valence-electron chi connectivity index (χ2n) is 4.47. The number of hydrazone groups is 1. The summed E-state index contributed by atoms with van der Waals surface area (Å²) in [5.74, 6) is 0. The summed E-state index contributed by atoms with van der Waals surface area (Å²) in [5.41, 5.74) is 7.43. The van der Waals surface area contributed by atoms with Crippen LogP contribution in [-0.4, -0.2) is 40.5 Å². The van der Waals surface area contributed by atoms with Gasteiger partial charge in [-0.25, -0.2) is 25.0 Å². The predicted octanol–water partition coefficient (Wildman–Crippen LogP) is 0.544. The molecule has 23 heavy (non-hydrogen) atoms. The van der Waals surface area contributed by atoms with E-state index in [1.165, 1.54) is 18.2 Å². The highest BCUT2D eigenvalue weighted by Gasteiger charge is 2.18. The van der Waals surface area contributed by atoms with Gasteiger partial charge in [0.2, 0.25) is 0 Å². The summed E-state index contributed by atoms with van der Waals surface area (Å²) in [6.45, 7) is 1.88. The molecule has 0 aromatic heterocycles. The second-order valence-corrected chi connectivity index (χ2v) is 4.47. The van der Waals surface area contributed by atoms with Crippen molar-refractivity contribution in [2.45, 2.75) is 6.92 Å². The van der Waals surface area contributed by atoms with E-state index in [1.54, 1.807) is 13.0 Å². The van der Waals surface area contributed by atoms with Crippen LogP contribution < -0.4 is 16.4 Å². The SMILES string of the molecule is CC1=NNC(=O)N(NNC(=O)/N=C/c2ccccc2[N+](=O)[O-])C1. The zero-order chi connectivity index (χ0) is 16.8. The van der Waals surface area contributed by atoms with E-state index < -0.39 is 17.0 Å². The quantitative estimate of drug-likeness (QED) is 0.422. The van der Waals surface area contributed by atoms with Gasteiger partial charge in [0, 0.05) is 12.3 Å². The van der Waals surface area contributed by atoms with Crippen LogP contribution in [-0.2, 0) is 0 Å². The molecule has 0 unspecified atom stereocenters. The van der Waals surface area contributed by atoms with Gasteiger partial charge in [0.15, 0.2) is 0 Å². The van der Waals surface area contributed by atoms with Gasteiger partial charge < -0.3 is 0 Å². The van der Waals surface area contributed by atoms with Crippen LogP contribution in [0.4, 0.5) is 15.3 Å². The lowest BCUT2D eigenvalue weighted by Gasteiger charge is -2.25. The van der Waals surface area contributed by atoms with Crippen molar-refractivity contribution >= 4 is 29.7 Å². The topological polar surface area (TPSA) is 141 Å². The van der Waals surface area contributed by atoms with Gasteiger partial charge in [-0.15, -0.1) is 5.53 Å². The Morgan fingerprint density at radius 2 is 2.26 bits per heavy atom. The maximum Gasteiger partial charge on any atom is 0.356 e. The summed E-state index contributed by atoms with van der Waals surface area (Å²) in [4.78, 5) is 36.8. The molecule has 2 rings (SSSR count). The van der Waals surface area contributed by atoms with Crippen molar-refractivity contribution in [1.82, 2.24) is 21.4 Å². The number of nitrogens with one attached hydrogen (secondary N) is 3. The molecule has 4 amide bonds. The fraction of sp³-hybridized carbons (Fsp3) is 0.167. The molecule has 0 saturated carbocycles. The Bertz CT molecular complexity index is 700. The minimum Gasteiger partial charge on any atom is -0.258 e. The molecule has 11 nitrogen and oxygen atoms in total. The molecule has 0 bridgehead atoms. The van der Waals surface area contributed by atoms with E-state index in [-0.39, 0.29) is 17.8 Å². The third kappa shape index (κ3) is 4.31. The summed E-state index contributed by atoms with van der Waals surface area (Å²) in [6.07, 6.45) is 1.07. The number of carbonyl (C=O) groups is 2. The molecule has 11 heteroatoms. The molecular weight excluding hydrogens is 306 g/mol. The Balaban J connectivity index is 1.94. The smallest absolute Gasteiger partial charge is 0.258 e. The molecule has 120 valence electrons. The van der Waals surface area contributed by atoms with E-state index in [9.17, 15) is 19.7 Å². The Morgan fingerprint density at radius 3 is 3.00 bits per heavy atom.